The summed E-state index contributed by atoms with van der Waals surface area (Å²) in [5, 5.41) is 28.6. The molecule has 12 nitrogen and oxygen atoms in total. The van der Waals surface area contributed by atoms with Crippen molar-refractivity contribution < 1.29 is 78.4 Å². The lowest BCUT2D eigenvalue weighted by atomic mass is 10.1. The average Bonchev–Trinajstić information content (AvgIpc) is 3.69. The molecule has 0 fully saturated rings. The molecule has 4 rings (SSSR count). The summed E-state index contributed by atoms with van der Waals surface area (Å²) in [5.41, 5.74) is 3.54. The van der Waals surface area contributed by atoms with Crippen molar-refractivity contribution in [3.8, 4) is 11.1 Å². The molecule has 51 heavy (non-hydrogen) atoms. The van der Waals surface area contributed by atoms with Gasteiger partial charge in [0, 0.05) is 31.4 Å². The van der Waals surface area contributed by atoms with Gasteiger partial charge in [-0.2, -0.15) is 44.6 Å². The molecule has 0 aliphatic rings. The van der Waals surface area contributed by atoms with Crippen molar-refractivity contribution in [2.24, 2.45) is 0 Å². The van der Waals surface area contributed by atoms with Crippen LogP contribution in [0.3, 0.4) is 0 Å². The maximum atomic E-state index is 13.6. The van der Waals surface area contributed by atoms with Gasteiger partial charge in [-0.25, -0.2) is 23.8 Å². The summed E-state index contributed by atoms with van der Waals surface area (Å²) in [7, 11) is 3.92. The van der Waals surface area contributed by atoms with E-state index in [0.29, 0.717) is 24.6 Å². The van der Waals surface area contributed by atoms with Crippen molar-refractivity contribution in [2.45, 2.75) is 25.1 Å². The molecule has 0 atom stereocenters. The van der Waals surface area contributed by atoms with E-state index in [1.54, 1.807) is 17.2 Å². The van der Waals surface area contributed by atoms with Gasteiger partial charge in [0.15, 0.2) is 5.01 Å². The SMILES string of the molecule is CN(C)CCN(Cc1cccc(F)c1)C(=O)c1nc2ccc(-c3cn[nH]c3)cc2s1.O=C(O)C(F)(F)F.O=C(O)C(F)(F)F.O=C(O)C(F)(F)F. The largest absolute Gasteiger partial charge is 0.490 e. The molecule has 2 aromatic carbocycles. The zero-order chi connectivity index (χ0) is 39.3. The van der Waals surface area contributed by atoms with E-state index in [2.05, 4.69) is 15.2 Å². The molecule has 2 heterocycles. The topological polar surface area (TPSA) is 177 Å². The van der Waals surface area contributed by atoms with Crippen LogP contribution in [0.25, 0.3) is 21.3 Å². The van der Waals surface area contributed by atoms with Crippen molar-refractivity contribution >= 4 is 45.4 Å². The van der Waals surface area contributed by atoms with Crippen LogP contribution < -0.4 is 0 Å². The minimum Gasteiger partial charge on any atom is -0.475 e. The molecule has 1 amide bonds. The molecular formula is C28H25F10N5O7S. The number of carboxylic acid groups (broad SMARTS) is 3. The van der Waals surface area contributed by atoms with E-state index in [4.69, 9.17) is 29.7 Å². The Hall–Kier alpha value is -5.32. The molecule has 23 heteroatoms. The minimum absolute atomic E-state index is 0.146. The number of aromatic amines is 1. The van der Waals surface area contributed by atoms with Gasteiger partial charge in [0.1, 0.15) is 5.82 Å². The number of halogens is 10. The Morgan fingerprint density at radius 3 is 1.75 bits per heavy atom. The molecule has 0 unspecified atom stereocenters. The highest BCUT2D eigenvalue weighted by molar-refractivity contribution is 7.20. The number of aromatic nitrogens is 3. The molecule has 4 aromatic rings. The second-order valence-electron chi connectivity index (χ2n) is 9.76. The molecule has 0 saturated heterocycles. The number of aliphatic carboxylic acids is 3. The number of carbonyl (C=O) groups is 4. The van der Waals surface area contributed by atoms with Crippen molar-refractivity contribution in [3.05, 3.63) is 71.2 Å². The van der Waals surface area contributed by atoms with Crippen LogP contribution in [0, 0.1) is 5.82 Å². The third kappa shape index (κ3) is 15.8. The highest BCUT2D eigenvalue weighted by Crippen LogP contribution is 2.29. The number of alkyl halides is 9. The number of fused-ring (bicyclic) bond motifs is 1. The molecular weight excluding hydrogens is 740 g/mol. The number of hydrogen-bond acceptors (Lipinski definition) is 8. The van der Waals surface area contributed by atoms with Crippen molar-refractivity contribution in [1.29, 1.82) is 0 Å². The molecule has 4 N–H and O–H groups in total. The number of likely N-dealkylation sites (N-methyl/N-ethyl adjacent to an activating group) is 1. The summed E-state index contributed by atoms with van der Waals surface area (Å²) < 4.78 is 110. The third-order valence-electron chi connectivity index (χ3n) is 5.50. The maximum absolute atomic E-state index is 13.6. The van der Waals surface area contributed by atoms with Crippen LogP contribution in [0.15, 0.2) is 54.9 Å². The highest BCUT2D eigenvalue weighted by Gasteiger charge is 2.39. The highest BCUT2D eigenvalue weighted by atomic mass is 32.1. The molecule has 0 spiro atoms. The van der Waals surface area contributed by atoms with Crippen LogP contribution in [0.2, 0.25) is 0 Å². The van der Waals surface area contributed by atoms with Crippen LogP contribution in [0.5, 0.6) is 0 Å². The van der Waals surface area contributed by atoms with E-state index in [0.717, 1.165) is 26.9 Å². The fourth-order valence-corrected chi connectivity index (χ4v) is 4.14. The molecule has 0 bridgehead atoms. The first-order valence-corrected chi connectivity index (χ1v) is 14.1. The van der Waals surface area contributed by atoms with Crippen LogP contribution in [-0.4, -0.2) is 110 Å². The number of carboxylic acids is 3. The van der Waals surface area contributed by atoms with E-state index in [-0.39, 0.29) is 11.7 Å². The Morgan fingerprint density at radius 1 is 0.784 bits per heavy atom. The number of carbonyl (C=O) groups excluding carboxylic acids is 1. The van der Waals surface area contributed by atoms with Crippen molar-refractivity contribution in [1.82, 2.24) is 25.0 Å². The fourth-order valence-electron chi connectivity index (χ4n) is 3.17. The maximum Gasteiger partial charge on any atom is 0.490 e. The molecule has 0 saturated carbocycles. The second kappa shape index (κ2) is 18.6. The van der Waals surface area contributed by atoms with E-state index in [1.807, 2.05) is 49.5 Å². The summed E-state index contributed by atoms with van der Waals surface area (Å²) in [4.78, 5) is 48.3. The van der Waals surface area contributed by atoms with E-state index in [1.165, 1.54) is 23.5 Å². The van der Waals surface area contributed by atoms with Gasteiger partial charge in [0.2, 0.25) is 0 Å². The molecule has 280 valence electrons. The monoisotopic (exact) mass is 765 g/mol. The predicted octanol–water partition coefficient (Wildman–Crippen LogP) is 5.93. The first-order valence-electron chi connectivity index (χ1n) is 13.3. The van der Waals surface area contributed by atoms with E-state index < -0.39 is 36.4 Å². The average molecular weight is 766 g/mol. The van der Waals surface area contributed by atoms with Gasteiger partial charge in [-0.3, -0.25) is 9.89 Å². The van der Waals surface area contributed by atoms with E-state index >= 15 is 0 Å². The lowest BCUT2D eigenvalue weighted by Crippen LogP contribution is -2.36. The van der Waals surface area contributed by atoms with Gasteiger partial charge < -0.3 is 25.1 Å². The van der Waals surface area contributed by atoms with Crippen LogP contribution in [-0.2, 0) is 20.9 Å². The number of H-pyrrole nitrogens is 1. The van der Waals surface area contributed by atoms with Crippen molar-refractivity contribution in [3.63, 3.8) is 0 Å². The quantitative estimate of drug-likeness (QED) is 0.165. The smallest absolute Gasteiger partial charge is 0.475 e. The zero-order valence-electron chi connectivity index (χ0n) is 25.8. The van der Waals surface area contributed by atoms with Gasteiger partial charge in [-0.15, -0.1) is 11.3 Å². The van der Waals surface area contributed by atoms with Crippen molar-refractivity contribution in [2.75, 3.05) is 27.2 Å². The number of rotatable bonds is 7. The lowest BCUT2D eigenvalue weighted by Gasteiger charge is -2.23. The summed E-state index contributed by atoms with van der Waals surface area (Å²) >= 11 is 1.37. The molecule has 0 aliphatic carbocycles. The van der Waals surface area contributed by atoms with Gasteiger partial charge >= 0.3 is 36.4 Å². The Kier molecular flexibility index (Phi) is 15.9. The number of nitrogens with one attached hydrogen (secondary N) is 1. The number of benzene rings is 2. The summed E-state index contributed by atoms with van der Waals surface area (Å²) in [6.45, 7) is 1.57. The Morgan fingerprint density at radius 2 is 1.31 bits per heavy atom. The number of hydrogen-bond donors (Lipinski definition) is 4. The normalized spacial score (nSPS) is 11.3. The Balaban J connectivity index is 0.000000505. The second-order valence-corrected chi connectivity index (χ2v) is 10.8. The Bertz CT molecular complexity index is 1700. The fraction of sp³-hybridized carbons (Fsp3) is 0.286. The van der Waals surface area contributed by atoms with E-state index in [9.17, 15) is 48.7 Å². The number of nitrogens with zero attached hydrogens (tertiary/aromatic N) is 4. The van der Waals surface area contributed by atoms with Crippen LogP contribution >= 0.6 is 11.3 Å². The summed E-state index contributed by atoms with van der Waals surface area (Å²) in [6, 6.07) is 12.3. The van der Waals surface area contributed by atoms with Crippen LogP contribution in [0.1, 0.15) is 15.4 Å². The Labute approximate surface area is 283 Å². The van der Waals surface area contributed by atoms with Gasteiger partial charge in [0.25, 0.3) is 5.91 Å². The summed E-state index contributed by atoms with van der Waals surface area (Å²) in [6.07, 6.45) is -11.7. The standard InChI is InChI=1S/C22H22FN5OS.3C2HF3O2/c1-27(2)8-9-28(14-15-4-3-5-18(23)10-15)22(29)21-26-19-7-6-16(11-20(19)30-21)17-12-24-25-13-17;3*3-2(4,5)1(6)7/h3-7,10-13H,8-9,14H2,1-2H3,(H,24,25);3*(H,6,7). The first-order chi connectivity index (χ1) is 23.3. The third-order valence-corrected chi connectivity index (χ3v) is 6.50. The van der Waals surface area contributed by atoms with Crippen LogP contribution in [0.4, 0.5) is 43.9 Å². The molecule has 0 radical (unpaired) electrons. The van der Waals surface area contributed by atoms with Gasteiger partial charge in [-0.05, 0) is 49.5 Å². The minimum atomic E-state index is -5.08. The zero-order valence-corrected chi connectivity index (χ0v) is 26.6. The molecule has 0 aliphatic heterocycles. The number of amides is 1. The molecule has 2 aromatic heterocycles. The summed E-state index contributed by atoms with van der Waals surface area (Å²) in [5.74, 6) is -8.72. The van der Waals surface area contributed by atoms with Gasteiger partial charge in [-0.1, -0.05) is 18.2 Å². The lowest BCUT2D eigenvalue weighted by molar-refractivity contribution is -0.193. The van der Waals surface area contributed by atoms with Gasteiger partial charge in [0.05, 0.1) is 16.4 Å². The number of thiazole rings is 1. The first kappa shape index (κ1) is 43.7. The predicted molar refractivity (Wildman–Crippen MR) is 158 cm³/mol.